The second kappa shape index (κ2) is 6.11. The molecule has 1 spiro atoms. The number of aliphatic imine (C=N–C) groups is 1. The molecule has 3 aliphatic rings. The van der Waals surface area contributed by atoms with Gasteiger partial charge in [0.25, 0.3) is 0 Å². The van der Waals surface area contributed by atoms with Gasteiger partial charge in [-0.1, -0.05) is 36.4 Å². The Bertz CT molecular complexity index is 812. The lowest BCUT2D eigenvalue weighted by Crippen LogP contribution is -2.53. The molecule has 0 saturated carbocycles. The molecule has 1 saturated heterocycles. The number of ether oxygens (including phenoxy) is 3. The minimum atomic E-state index is -0.671. The molecule has 1 atom stereocenters. The van der Waals surface area contributed by atoms with E-state index < -0.39 is 5.54 Å². The van der Waals surface area contributed by atoms with Crippen LogP contribution in [-0.2, 0) is 15.0 Å². The Hall–Kier alpha value is -2.37. The number of amidine groups is 1. The van der Waals surface area contributed by atoms with E-state index in [1.54, 1.807) is 0 Å². The van der Waals surface area contributed by atoms with Gasteiger partial charge in [-0.3, -0.25) is 4.99 Å². The quantitative estimate of drug-likeness (QED) is 0.858. The fraction of sp³-hybridized carbons (Fsp3) is 0.381. The van der Waals surface area contributed by atoms with Crippen LogP contribution < -0.4 is 10.5 Å². The van der Waals surface area contributed by atoms with E-state index in [2.05, 4.69) is 12.1 Å². The van der Waals surface area contributed by atoms with Crippen LogP contribution in [0.1, 0.15) is 24.0 Å². The number of fused-ring (bicyclic) bond motifs is 4. The average molecular weight is 350 g/mol. The lowest BCUT2D eigenvalue weighted by atomic mass is 9.70. The summed E-state index contributed by atoms with van der Waals surface area (Å²) in [5.41, 5.74) is 7.59. The Kier molecular flexibility index (Phi) is 3.72. The minimum absolute atomic E-state index is 0.0927. The van der Waals surface area contributed by atoms with Crippen LogP contribution in [0.5, 0.6) is 11.5 Å². The number of nitrogens with zero attached hydrogens (tertiary/aromatic N) is 1. The van der Waals surface area contributed by atoms with E-state index in [9.17, 15) is 0 Å². The molecule has 2 N–H and O–H groups in total. The van der Waals surface area contributed by atoms with E-state index >= 15 is 0 Å². The molecule has 5 rings (SSSR count). The van der Waals surface area contributed by atoms with Crippen molar-refractivity contribution in [2.24, 2.45) is 16.6 Å². The van der Waals surface area contributed by atoms with Gasteiger partial charge in [0.1, 0.15) is 29.5 Å². The van der Waals surface area contributed by atoms with Gasteiger partial charge in [-0.05, 0) is 30.9 Å². The summed E-state index contributed by atoms with van der Waals surface area (Å²) < 4.78 is 18.1. The second-order valence-corrected chi connectivity index (χ2v) is 7.15. The van der Waals surface area contributed by atoms with E-state index in [0.717, 1.165) is 48.7 Å². The highest BCUT2D eigenvalue weighted by Crippen LogP contribution is 2.54. The summed E-state index contributed by atoms with van der Waals surface area (Å²) in [6.45, 7) is 1.90. The van der Waals surface area contributed by atoms with Gasteiger partial charge in [0.05, 0.1) is 6.10 Å². The predicted octanol–water partition coefficient (Wildman–Crippen LogP) is 3.22. The third-order valence-electron chi connectivity index (χ3n) is 5.65. The lowest BCUT2D eigenvalue weighted by molar-refractivity contribution is -0.0598. The van der Waals surface area contributed by atoms with Crippen LogP contribution in [0.3, 0.4) is 0 Å². The molecule has 2 aromatic rings. The molecular formula is C21H22N2O3. The topological polar surface area (TPSA) is 66.1 Å². The molecule has 5 nitrogen and oxygen atoms in total. The molecule has 5 heteroatoms. The molecule has 1 fully saturated rings. The van der Waals surface area contributed by atoms with Crippen LogP contribution >= 0.6 is 0 Å². The van der Waals surface area contributed by atoms with E-state index in [1.807, 2.05) is 36.4 Å². The Morgan fingerprint density at radius 3 is 2.19 bits per heavy atom. The first kappa shape index (κ1) is 15.9. The molecule has 0 radical (unpaired) electrons. The summed E-state index contributed by atoms with van der Waals surface area (Å²) in [6, 6.07) is 16.2. The van der Waals surface area contributed by atoms with Crippen molar-refractivity contribution in [1.82, 2.24) is 0 Å². The summed E-state index contributed by atoms with van der Waals surface area (Å²) in [4.78, 5) is 5.06. The zero-order valence-corrected chi connectivity index (χ0v) is 14.6. The molecule has 2 aromatic carbocycles. The molecule has 3 aliphatic heterocycles. The number of rotatable bonds is 1. The number of hydrogen-bond acceptors (Lipinski definition) is 5. The third-order valence-corrected chi connectivity index (χ3v) is 5.65. The van der Waals surface area contributed by atoms with Crippen LogP contribution in [0.4, 0.5) is 0 Å². The molecule has 134 valence electrons. The lowest BCUT2D eigenvalue weighted by Gasteiger charge is -2.48. The highest BCUT2D eigenvalue weighted by atomic mass is 16.5. The predicted molar refractivity (Wildman–Crippen MR) is 98.6 cm³/mol. The van der Waals surface area contributed by atoms with Crippen molar-refractivity contribution in [3.63, 3.8) is 0 Å². The van der Waals surface area contributed by atoms with Crippen molar-refractivity contribution in [2.45, 2.75) is 24.5 Å². The largest absolute Gasteiger partial charge is 0.457 e. The Morgan fingerprint density at radius 1 is 0.923 bits per heavy atom. The molecule has 0 aliphatic carbocycles. The first-order chi connectivity index (χ1) is 12.8. The van der Waals surface area contributed by atoms with Gasteiger partial charge in [-0.2, -0.15) is 0 Å². The maximum atomic E-state index is 6.37. The standard InChI is InChI=1S/C21H22N2O3/c22-19-13-25-20(14-9-11-24-12-10-14)21(23-19)15-5-1-3-7-17(15)26-18-8-4-2-6-16(18)21/h1-8,14,20H,9-13H2,(H2,22,23). The van der Waals surface area contributed by atoms with E-state index in [0.29, 0.717) is 18.4 Å². The van der Waals surface area contributed by atoms with Crippen LogP contribution in [-0.4, -0.2) is 31.8 Å². The van der Waals surface area contributed by atoms with Crippen molar-refractivity contribution in [3.05, 3.63) is 59.7 Å². The van der Waals surface area contributed by atoms with Gasteiger partial charge in [0, 0.05) is 24.3 Å². The average Bonchev–Trinajstić information content (AvgIpc) is 2.69. The summed E-state index contributed by atoms with van der Waals surface area (Å²) in [5, 5.41) is 0. The fourth-order valence-corrected chi connectivity index (χ4v) is 4.55. The zero-order chi connectivity index (χ0) is 17.6. The first-order valence-electron chi connectivity index (χ1n) is 9.19. The van der Waals surface area contributed by atoms with Crippen LogP contribution in [0.25, 0.3) is 0 Å². The SMILES string of the molecule is NC1=NC2(c3ccccc3Oc3ccccc32)C(C2CCOCC2)OC1. The van der Waals surface area contributed by atoms with Gasteiger partial charge in [0.15, 0.2) is 0 Å². The van der Waals surface area contributed by atoms with Crippen LogP contribution in [0, 0.1) is 5.92 Å². The number of benzene rings is 2. The molecule has 3 heterocycles. The third kappa shape index (κ3) is 2.27. The van der Waals surface area contributed by atoms with Gasteiger partial charge in [-0.25, -0.2) is 0 Å². The smallest absolute Gasteiger partial charge is 0.146 e. The summed E-state index contributed by atoms with van der Waals surface area (Å²) in [5.74, 6) is 2.54. The van der Waals surface area contributed by atoms with Crippen LogP contribution in [0.2, 0.25) is 0 Å². The number of para-hydroxylation sites is 2. The van der Waals surface area contributed by atoms with Crippen LogP contribution in [0.15, 0.2) is 53.5 Å². The normalized spacial score (nSPS) is 24.3. The highest BCUT2D eigenvalue weighted by Gasteiger charge is 2.53. The van der Waals surface area contributed by atoms with Gasteiger partial charge in [0.2, 0.25) is 0 Å². The van der Waals surface area contributed by atoms with E-state index in [1.165, 1.54) is 0 Å². The Balaban J connectivity index is 1.77. The Morgan fingerprint density at radius 2 is 1.54 bits per heavy atom. The van der Waals surface area contributed by atoms with Crippen molar-refractivity contribution >= 4 is 5.84 Å². The molecule has 1 unspecified atom stereocenters. The monoisotopic (exact) mass is 350 g/mol. The van der Waals surface area contributed by atoms with Gasteiger partial charge in [-0.15, -0.1) is 0 Å². The Labute approximate surface area is 152 Å². The fourth-order valence-electron chi connectivity index (χ4n) is 4.55. The van der Waals surface area contributed by atoms with Gasteiger partial charge < -0.3 is 19.9 Å². The molecular weight excluding hydrogens is 328 g/mol. The maximum absolute atomic E-state index is 6.37. The molecule has 0 amide bonds. The molecule has 0 bridgehead atoms. The van der Waals surface area contributed by atoms with Gasteiger partial charge >= 0.3 is 0 Å². The maximum Gasteiger partial charge on any atom is 0.146 e. The van der Waals surface area contributed by atoms with Crippen molar-refractivity contribution in [2.75, 3.05) is 19.8 Å². The first-order valence-corrected chi connectivity index (χ1v) is 9.19. The number of nitrogens with two attached hydrogens (primary N) is 1. The van der Waals surface area contributed by atoms with E-state index in [4.69, 9.17) is 24.9 Å². The highest BCUT2D eigenvalue weighted by molar-refractivity contribution is 5.84. The molecule has 26 heavy (non-hydrogen) atoms. The number of hydrogen-bond donors (Lipinski definition) is 1. The summed E-state index contributed by atoms with van der Waals surface area (Å²) in [6.07, 6.45) is 1.84. The zero-order valence-electron chi connectivity index (χ0n) is 14.6. The summed E-state index contributed by atoms with van der Waals surface area (Å²) in [7, 11) is 0. The van der Waals surface area contributed by atoms with Crippen molar-refractivity contribution in [1.29, 1.82) is 0 Å². The van der Waals surface area contributed by atoms with Crippen molar-refractivity contribution in [3.8, 4) is 11.5 Å². The molecule has 0 aromatic heterocycles. The van der Waals surface area contributed by atoms with Crippen molar-refractivity contribution < 1.29 is 14.2 Å². The van der Waals surface area contributed by atoms with E-state index in [-0.39, 0.29) is 6.10 Å². The second-order valence-electron chi connectivity index (χ2n) is 7.15. The minimum Gasteiger partial charge on any atom is -0.457 e. The summed E-state index contributed by atoms with van der Waals surface area (Å²) >= 11 is 0.